The fourth-order valence-electron chi connectivity index (χ4n) is 3.08. The minimum absolute atomic E-state index is 0.0819. The summed E-state index contributed by atoms with van der Waals surface area (Å²) < 4.78 is 4.94. The summed E-state index contributed by atoms with van der Waals surface area (Å²) in [5.74, 6) is -0.476. The molecule has 0 aliphatic heterocycles. The van der Waals surface area contributed by atoms with Gasteiger partial charge in [0.2, 0.25) is 0 Å². The molecule has 2 heterocycles. The number of rotatable bonds is 5. The van der Waals surface area contributed by atoms with Crippen LogP contribution in [0.3, 0.4) is 0 Å². The molecule has 26 heavy (non-hydrogen) atoms. The van der Waals surface area contributed by atoms with Gasteiger partial charge >= 0.3 is 5.97 Å². The SMILES string of the molecule is CCOC(=O)c1ccc(-c2ccc(C(=O)NC3CCCCC3)cn2)nc1. The fourth-order valence-corrected chi connectivity index (χ4v) is 3.08. The van der Waals surface area contributed by atoms with E-state index in [1.54, 1.807) is 37.4 Å². The first-order valence-corrected chi connectivity index (χ1v) is 9.08. The summed E-state index contributed by atoms with van der Waals surface area (Å²) in [6.45, 7) is 2.09. The monoisotopic (exact) mass is 353 g/mol. The van der Waals surface area contributed by atoms with Crippen molar-refractivity contribution in [3.05, 3.63) is 47.8 Å². The molecule has 1 aliphatic rings. The minimum Gasteiger partial charge on any atom is -0.462 e. The Bertz CT molecular complexity index is 751. The Morgan fingerprint density at radius 2 is 1.62 bits per heavy atom. The smallest absolute Gasteiger partial charge is 0.339 e. The third-order valence-electron chi connectivity index (χ3n) is 4.50. The van der Waals surface area contributed by atoms with Gasteiger partial charge in [-0.05, 0) is 44.0 Å². The number of carbonyl (C=O) groups is 2. The third-order valence-corrected chi connectivity index (χ3v) is 4.50. The highest BCUT2D eigenvalue weighted by Crippen LogP contribution is 2.19. The summed E-state index contributed by atoms with van der Waals surface area (Å²) >= 11 is 0. The normalized spacial score (nSPS) is 14.7. The molecule has 136 valence electrons. The molecule has 0 bridgehead atoms. The lowest BCUT2D eigenvalue weighted by Crippen LogP contribution is -2.36. The quantitative estimate of drug-likeness (QED) is 0.834. The predicted molar refractivity (Wildman–Crippen MR) is 97.8 cm³/mol. The van der Waals surface area contributed by atoms with Crippen molar-refractivity contribution < 1.29 is 14.3 Å². The van der Waals surface area contributed by atoms with Crippen LogP contribution in [0.4, 0.5) is 0 Å². The molecule has 2 aromatic rings. The number of ether oxygens (including phenoxy) is 1. The molecular formula is C20H23N3O3. The van der Waals surface area contributed by atoms with Crippen molar-refractivity contribution in [1.29, 1.82) is 0 Å². The second-order valence-corrected chi connectivity index (χ2v) is 6.39. The van der Waals surface area contributed by atoms with Crippen molar-refractivity contribution in [3.63, 3.8) is 0 Å². The average molecular weight is 353 g/mol. The number of hydrogen-bond acceptors (Lipinski definition) is 5. The number of carbonyl (C=O) groups excluding carboxylic acids is 2. The van der Waals surface area contributed by atoms with Gasteiger partial charge in [0, 0.05) is 18.4 Å². The van der Waals surface area contributed by atoms with E-state index < -0.39 is 5.97 Å². The van der Waals surface area contributed by atoms with Crippen LogP contribution in [0.25, 0.3) is 11.4 Å². The highest BCUT2D eigenvalue weighted by Gasteiger charge is 2.17. The van der Waals surface area contributed by atoms with Crippen molar-refractivity contribution in [2.24, 2.45) is 0 Å². The summed E-state index contributed by atoms with van der Waals surface area (Å²) in [6.07, 6.45) is 8.74. The van der Waals surface area contributed by atoms with E-state index in [-0.39, 0.29) is 11.9 Å². The molecule has 3 rings (SSSR count). The van der Waals surface area contributed by atoms with E-state index in [0.717, 1.165) is 12.8 Å². The molecule has 6 nitrogen and oxygen atoms in total. The maximum atomic E-state index is 12.3. The van der Waals surface area contributed by atoms with Gasteiger partial charge in [-0.25, -0.2) is 4.79 Å². The van der Waals surface area contributed by atoms with Gasteiger partial charge in [-0.15, -0.1) is 0 Å². The van der Waals surface area contributed by atoms with Crippen molar-refractivity contribution in [2.45, 2.75) is 45.1 Å². The molecular weight excluding hydrogens is 330 g/mol. The van der Waals surface area contributed by atoms with Crippen LogP contribution in [0.15, 0.2) is 36.7 Å². The average Bonchev–Trinajstić information content (AvgIpc) is 2.69. The number of pyridine rings is 2. The fraction of sp³-hybridized carbons (Fsp3) is 0.400. The molecule has 1 fully saturated rings. The van der Waals surface area contributed by atoms with E-state index in [4.69, 9.17) is 4.74 Å². The number of esters is 1. The first-order valence-electron chi connectivity index (χ1n) is 9.08. The zero-order chi connectivity index (χ0) is 18.4. The number of amides is 1. The van der Waals surface area contributed by atoms with Crippen LogP contribution in [0.1, 0.15) is 59.7 Å². The third kappa shape index (κ3) is 4.45. The summed E-state index contributed by atoms with van der Waals surface area (Å²) in [5, 5.41) is 3.08. The largest absolute Gasteiger partial charge is 0.462 e. The molecule has 2 aromatic heterocycles. The Balaban J connectivity index is 1.65. The second-order valence-electron chi connectivity index (χ2n) is 6.39. The second kappa shape index (κ2) is 8.56. The van der Waals surface area contributed by atoms with Crippen LogP contribution >= 0.6 is 0 Å². The lowest BCUT2D eigenvalue weighted by molar-refractivity contribution is 0.0525. The zero-order valence-corrected chi connectivity index (χ0v) is 14.9. The maximum absolute atomic E-state index is 12.3. The molecule has 1 saturated carbocycles. The summed E-state index contributed by atoms with van der Waals surface area (Å²) in [7, 11) is 0. The van der Waals surface area contributed by atoms with E-state index in [1.165, 1.54) is 25.5 Å². The van der Waals surface area contributed by atoms with Crippen LogP contribution in [0.2, 0.25) is 0 Å². The van der Waals surface area contributed by atoms with E-state index in [0.29, 0.717) is 29.1 Å². The van der Waals surface area contributed by atoms with E-state index in [2.05, 4.69) is 15.3 Å². The van der Waals surface area contributed by atoms with Gasteiger partial charge < -0.3 is 10.1 Å². The Morgan fingerprint density at radius 1 is 1.00 bits per heavy atom. The summed E-state index contributed by atoms with van der Waals surface area (Å²) in [5.41, 5.74) is 2.23. The minimum atomic E-state index is -0.394. The Morgan fingerprint density at radius 3 is 2.15 bits per heavy atom. The molecule has 0 saturated heterocycles. The van der Waals surface area contributed by atoms with Crippen molar-refractivity contribution in [3.8, 4) is 11.4 Å². The lowest BCUT2D eigenvalue weighted by Gasteiger charge is -2.22. The maximum Gasteiger partial charge on any atom is 0.339 e. The molecule has 6 heteroatoms. The Labute approximate surface area is 153 Å². The van der Waals surface area contributed by atoms with Crippen LogP contribution < -0.4 is 5.32 Å². The first-order chi connectivity index (χ1) is 12.7. The molecule has 0 spiro atoms. The van der Waals surface area contributed by atoms with Crippen LogP contribution in [-0.2, 0) is 4.74 Å². The highest BCUT2D eigenvalue weighted by atomic mass is 16.5. The van der Waals surface area contributed by atoms with Crippen molar-refractivity contribution in [1.82, 2.24) is 15.3 Å². The predicted octanol–water partition coefficient (Wildman–Crippen LogP) is 3.38. The topological polar surface area (TPSA) is 81.2 Å². The highest BCUT2D eigenvalue weighted by molar-refractivity contribution is 5.94. The number of aromatic nitrogens is 2. The van der Waals surface area contributed by atoms with Gasteiger partial charge in [0.15, 0.2) is 0 Å². The van der Waals surface area contributed by atoms with Gasteiger partial charge in [-0.3, -0.25) is 14.8 Å². The summed E-state index contributed by atoms with van der Waals surface area (Å²) in [6, 6.07) is 7.17. The Hall–Kier alpha value is -2.76. The summed E-state index contributed by atoms with van der Waals surface area (Å²) in [4.78, 5) is 32.6. The van der Waals surface area contributed by atoms with Crippen LogP contribution in [0, 0.1) is 0 Å². The number of nitrogens with zero attached hydrogens (tertiary/aromatic N) is 2. The standard InChI is InChI=1S/C20H23N3O3/c1-2-26-20(25)15-9-11-18(22-13-15)17-10-8-14(12-21-17)19(24)23-16-6-4-3-5-7-16/h8-13,16H,2-7H2,1H3,(H,23,24). The van der Waals surface area contributed by atoms with E-state index >= 15 is 0 Å². The molecule has 0 atom stereocenters. The molecule has 1 amide bonds. The number of nitrogens with one attached hydrogen (secondary N) is 1. The molecule has 0 radical (unpaired) electrons. The van der Waals surface area contributed by atoms with Crippen molar-refractivity contribution >= 4 is 11.9 Å². The Kier molecular flexibility index (Phi) is 5.94. The first kappa shape index (κ1) is 18.0. The van der Waals surface area contributed by atoms with Crippen LogP contribution in [0.5, 0.6) is 0 Å². The van der Waals surface area contributed by atoms with Crippen LogP contribution in [-0.4, -0.2) is 34.5 Å². The number of hydrogen-bond donors (Lipinski definition) is 1. The van der Waals surface area contributed by atoms with Gasteiger partial charge in [0.05, 0.1) is 29.1 Å². The van der Waals surface area contributed by atoms with Crippen molar-refractivity contribution in [2.75, 3.05) is 6.61 Å². The molecule has 0 unspecified atom stereocenters. The van der Waals surface area contributed by atoms with E-state index in [9.17, 15) is 9.59 Å². The van der Waals surface area contributed by atoms with Gasteiger partial charge in [0.25, 0.3) is 5.91 Å². The van der Waals surface area contributed by atoms with Gasteiger partial charge in [-0.2, -0.15) is 0 Å². The van der Waals surface area contributed by atoms with Gasteiger partial charge in [-0.1, -0.05) is 19.3 Å². The molecule has 0 aromatic carbocycles. The van der Waals surface area contributed by atoms with E-state index in [1.807, 2.05) is 0 Å². The van der Waals surface area contributed by atoms with Gasteiger partial charge in [0.1, 0.15) is 0 Å². The lowest BCUT2D eigenvalue weighted by atomic mass is 9.95. The molecule has 1 N–H and O–H groups in total. The zero-order valence-electron chi connectivity index (χ0n) is 14.9. The molecule has 1 aliphatic carbocycles.